The number of methoxy groups -OCH3 is 1. The molecule has 0 amide bonds. The molecule has 0 unspecified atom stereocenters. The Labute approximate surface area is 135 Å². The van der Waals surface area contributed by atoms with Gasteiger partial charge in [0.25, 0.3) is 5.95 Å². The third-order valence-corrected chi connectivity index (χ3v) is 4.06. The third kappa shape index (κ3) is 3.46. The van der Waals surface area contributed by atoms with Crippen molar-refractivity contribution in [2.75, 3.05) is 32.6 Å². The van der Waals surface area contributed by atoms with E-state index in [0.717, 1.165) is 11.3 Å². The van der Waals surface area contributed by atoms with Gasteiger partial charge in [-0.15, -0.1) is 0 Å². The fraction of sp³-hybridized carbons (Fsp3) is 0.500. The predicted molar refractivity (Wildman–Crippen MR) is 85.4 cm³/mol. The molecule has 0 spiro atoms. The van der Waals surface area contributed by atoms with Gasteiger partial charge in [-0.25, -0.2) is 0 Å². The maximum Gasteiger partial charge on any atom is 0.265 e. The van der Waals surface area contributed by atoms with Crippen molar-refractivity contribution >= 4 is 5.95 Å². The summed E-state index contributed by atoms with van der Waals surface area (Å²) in [6.07, 6.45) is 0.324. The van der Waals surface area contributed by atoms with Crippen molar-refractivity contribution in [3.05, 3.63) is 35.7 Å². The van der Waals surface area contributed by atoms with E-state index in [1.807, 2.05) is 32.3 Å². The Bertz CT molecular complexity index is 658. The summed E-state index contributed by atoms with van der Waals surface area (Å²) in [6, 6.07) is 8.05. The van der Waals surface area contributed by atoms with E-state index in [0.29, 0.717) is 31.3 Å². The van der Waals surface area contributed by atoms with Crippen molar-refractivity contribution in [1.29, 1.82) is 0 Å². The maximum absolute atomic E-state index is 10.1. The van der Waals surface area contributed by atoms with E-state index in [4.69, 9.17) is 9.26 Å². The normalized spacial score (nSPS) is 21.6. The maximum atomic E-state index is 10.1. The summed E-state index contributed by atoms with van der Waals surface area (Å²) in [5, 5.41) is 14.0. The van der Waals surface area contributed by atoms with Gasteiger partial charge in [0.15, 0.2) is 0 Å². The number of rotatable bonds is 5. The van der Waals surface area contributed by atoms with Crippen molar-refractivity contribution in [2.24, 2.45) is 0 Å². The minimum atomic E-state index is -0.359. The highest BCUT2D eigenvalue weighted by atomic mass is 16.5. The summed E-state index contributed by atoms with van der Waals surface area (Å²) in [6.45, 7) is 1.10. The van der Waals surface area contributed by atoms with Crippen LogP contribution in [0, 0.1) is 0 Å². The SMILES string of the molecule is COc1cccc([C@@H]2C[C@H](O)CN2Cc2nc(N(C)C)no2)c1. The highest BCUT2D eigenvalue weighted by Gasteiger charge is 2.33. The van der Waals surface area contributed by atoms with Crippen LogP contribution in [0.3, 0.4) is 0 Å². The van der Waals surface area contributed by atoms with Gasteiger partial charge in [-0.1, -0.05) is 12.1 Å². The number of likely N-dealkylation sites (tertiary alicyclic amines) is 1. The number of anilines is 1. The van der Waals surface area contributed by atoms with Crippen molar-refractivity contribution in [1.82, 2.24) is 15.0 Å². The number of ether oxygens (including phenoxy) is 1. The molecule has 0 saturated carbocycles. The third-order valence-electron chi connectivity index (χ3n) is 4.06. The zero-order valence-corrected chi connectivity index (χ0v) is 13.6. The van der Waals surface area contributed by atoms with Gasteiger partial charge in [0.2, 0.25) is 5.89 Å². The van der Waals surface area contributed by atoms with Gasteiger partial charge in [0.1, 0.15) is 5.75 Å². The average molecular weight is 318 g/mol. The van der Waals surface area contributed by atoms with Crippen LogP contribution in [0.1, 0.15) is 23.9 Å². The van der Waals surface area contributed by atoms with Crippen molar-refractivity contribution < 1.29 is 14.4 Å². The molecule has 1 saturated heterocycles. The van der Waals surface area contributed by atoms with Crippen LogP contribution in [0.5, 0.6) is 5.75 Å². The first kappa shape index (κ1) is 15.8. The lowest BCUT2D eigenvalue weighted by atomic mass is 10.0. The summed E-state index contributed by atoms with van der Waals surface area (Å²) in [4.78, 5) is 8.32. The molecule has 1 aromatic heterocycles. The lowest BCUT2D eigenvalue weighted by Crippen LogP contribution is -2.24. The molecular weight excluding hydrogens is 296 g/mol. The molecule has 1 N–H and O–H groups in total. The fourth-order valence-corrected chi connectivity index (χ4v) is 2.92. The Morgan fingerprint density at radius 2 is 2.26 bits per heavy atom. The topological polar surface area (TPSA) is 74.9 Å². The van der Waals surface area contributed by atoms with Gasteiger partial charge in [0, 0.05) is 26.7 Å². The number of aliphatic hydroxyl groups is 1. The smallest absolute Gasteiger partial charge is 0.265 e. The monoisotopic (exact) mass is 318 g/mol. The standard InChI is InChI=1S/C16H22N4O3/c1-19(2)16-17-15(23-18-16)10-20-9-12(21)8-14(20)11-5-4-6-13(7-11)22-3/h4-7,12,14,21H,8-10H2,1-3H3/t12-,14-/m0/s1. The van der Waals surface area contributed by atoms with E-state index < -0.39 is 0 Å². The molecule has 0 radical (unpaired) electrons. The number of aliphatic hydroxyl groups excluding tert-OH is 1. The van der Waals surface area contributed by atoms with Crippen LogP contribution in [-0.2, 0) is 6.54 Å². The summed E-state index contributed by atoms with van der Waals surface area (Å²) in [5.41, 5.74) is 1.12. The molecule has 0 bridgehead atoms. The molecule has 7 heteroatoms. The van der Waals surface area contributed by atoms with Crippen LogP contribution in [0.2, 0.25) is 0 Å². The lowest BCUT2D eigenvalue weighted by Gasteiger charge is -2.23. The molecule has 1 aliphatic rings. The molecule has 3 rings (SSSR count). The first-order chi connectivity index (χ1) is 11.1. The van der Waals surface area contributed by atoms with Crippen molar-refractivity contribution in [3.63, 3.8) is 0 Å². The second kappa shape index (κ2) is 6.55. The molecule has 2 aromatic rings. The molecule has 124 valence electrons. The predicted octanol–water partition coefficient (Wildman–Crippen LogP) is 1.45. The van der Waals surface area contributed by atoms with Crippen molar-refractivity contribution in [3.8, 4) is 5.75 Å². The van der Waals surface area contributed by atoms with Gasteiger partial charge in [0.05, 0.1) is 19.8 Å². The first-order valence-electron chi connectivity index (χ1n) is 7.63. The van der Waals surface area contributed by atoms with Crippen molar-refractivity contribution in [2.45, 2.75) is 25.1 Å². The summed E-state index contributed by atoms with van der Waals surface area (Å²) >= 11 is 0. The van der Waals surface area contributed by atoms with E-state index in [2.05, 4.69) is 21.1 Å². The second-order valence-electron chi connectivity index (χ2n) is 5.99. The number of aromatic nitrogens is 2. The number of nitrogens with zero attached hydrogens (tertiary/aromatic N) is 4. The van der Waals surface area contributed by atoms with Crippen LogP contribution in [-0.4, -0.2) is 54.0 Å². The van der Waals surface area contributed by atoms with Crippen LogP contribution in [0.15, 0.2) is 28.8 Å². The van der Waals surface area contributed by atoms with Crippen LogP contribution >= 0.6 is 0 Å². The molecular formula is C16H22N4O3. The molecule has 1 aromatic carbocycles. The lowest BCUT2D eigenvalue weighted by molar-refractivity contribution is 0.164. The Balaban J connectivity index is 1.78. The Morgan fingerprint density at radius 1 is 1.43 bits per heavy atom. The van der Waals surface area contributed by atoms with E-state index >= 15 is 0 Å². The molecule has 1 fully saturated rings. The van der Waals surface area contributed by atoms with E-state index in [-0.39, 0.29) is 12.1 Å². The van der Waals surface area contributed by atoms with Gasteiger partial charge >= 0.3 is 0 Å². The zero-order valence-electron chi connectivity index (χ0n) is 13.6. The Morgan fingerprint density at radius 3 is 2.96 bits per heavy atom. The largest absolute Gasteiger partial charge is 0.497 e. The van der Waals surface area contributed by atoms with E-state index in [1.54, 1.807) is 12.0 Å². The summed E-state index contributed by atoms with van der Waals surface area (Å²) in [5.74, 6) is 1.92. The average Bonchev–Trinajstić information content (AvgIpc) is 3.14. The van der Waals surface area contributed by atoms with Gasteiger partial charge in [-0.2, -0.15) is 4.98 Å². The van der Waals surface area contributed by atoms with Crippen LogP contribution in [0.25, 0.3) is 0 Å². The van der Waals surface area contributed by atoms with Gasteiger partial charge in [-0.05, 0) is 29.3 Å². The van der Waals surface area contributed by atoms with E-state index in [9.17, 15) is 5.11 Å². The summed E-state index contributed by atoms with van der Waals surface area (Å²) < 4.78 is 10.6. The molecule has 0 aliphatic carbocycles. The van der Waals surface area contributed by atoms with Crippen LogP contribution < -0.4 is 9.64 Å². The Kier molecular flexibility index (Phi) is 4.49. The molecule has 7 nitrogen and oxygen atoms in total. The number of hydrogen-bond donors (Lipinski definition) is 1. The number of β-amino-alcohol motifs (C(OH)–C–C–N with tert-alkyl or cyclic N) is 1. The highest BCUT2D eigenvalue weighted by Crippen LogP contribution is 2.34. The zero-order chi connectivity index (χ0) is 16.4. The van der Waals surface area contributed by atoms with Gasteiger partial charge in [-0.3, -0.25) is 4.90 Å². The van der Waals surface area contributed by atoms with Crippen LogP contribution in [0.4, 0.5) is 5.95 Å². The second-order valence-corrected chi connectivity index (χ2v) is 5.99. The summed E-state index contributed by atoms with van der Waals surface area (Å²) in [7, 11) is 5.39. The fourth-order valence-electron chi connectivity index (χ4n) is 2.92. The number of hydrogen-bond acceptors (Lipinski definition) is 7. The minimum Gasteiger partial charge on any atom is -0.497 e. The van der Waals surface area contributed by atoms with E-state index in [1.165, 1.54) is 0 Å². The Hall–Kier alpha value is -2.12. The number of benzene rings is 1. The quantitative estimate of drug-likeness (QED) is 0.894. The minimum absolute atomic E-state index is 0.106. The molecule has 23 heavy (non-hydrogen) atoms. The van der Waals surface area contributed by atoms with Gasteiger partial charge < -0.3 is 19.3 Å². The molecule has 2 atom stereocenters. The molecule has 2 heterocycles. The molecule has 1 aliphatic heterocycles. The first-order valence-corrected chi connectivity index (χ1v) is 7.63. The highest BCUT2D eigenvalue weighted by molar-refractivity contribution is 5.31.